The molecule has 0 bridgehead atoms. The highest BCUT2D eigenvalue weighted by Gasteiger charge is 2.15. The SMILES string of the molecule is CC(C)NC(=O)C(C)Nc1ncnc2nc[nH]c12. The zero-order chi connectivity index (χ0) is 13.1. The molecular formula is C11H16N6O. The Morgan fingerprint density at radius 3 is 2.78 bits per heavy atom. The van der Waals surface area contributed by atoms with Crippen LogP contribution in [0.25, 0.3) is 11.2 Å². The number of H-pyrrole nitrogens is 1. The van der Waals surface area contributed by atoms with Crippen LogP contribution in [0.15, 0.2) is 12.7 Å². The van der Waals surface area contributed by atoms with Gasteiger partial charge < -0.3 is 15.6 Å². The van der Waals surface area contributed by atoms with Crippen molar-refractivity contribution in [3.05, 3.63) is 12.7 Å². The Labute approximate surface area is 104 Å². The number of amides is 1. The molecule has 0 aliphatic rings. The normalized spacial score (nSPS) is 12.7. The van der Waals surface area contributed by atoms with Gasteiger partial charge in [0.05, 0.1) is 6.33 Å². The second-order valence-corrected chi connectivity index (χ2v) is 4.35. The van der Waals surface area contributed by atoms with Crippen LogP contribution in [0.2, 0.25) is 0 Å². The standard InChI is InChI=1S/C11H16N6O/c1-6(2)16-11(18)7(3)17-10-8-9(13-4-12-8)14-5-15-10/h4-7H,1-3H3,(H,16,18)(H2,12,13,14,15,17). The average molecular weight is 248 g/mol. The van der Waals surface area contributed by atoms with Gasteiger partial charge in [-0.3, -0.25) is 4.79 Å². The molecule has 1 unspecified atom stereocenters. The van der Waals surface area contributed by atoms with E-state index in [2.05, 4.69) is 30.6 Å². The number of nitrogens with zero attached hydrogens (tertiary/aromatic N) is 3. The first-order chi connectivity index (χ1) is 8.58. The van der Waals surface area contributed by atoms with E-state index in [-0.39, 0.29) is 18.0 Å². The predicted molar refractivity (Wildman–Crippen MR) is 68.0 cm³/mol. The van der Waals surface area contributed by atoms with Gasteiger partial charge in [-0.15, -0.1) is 0 Å². The summed E-state index contributed by atoms with van der Waals surface area (Å²) in [5, 5.41) is 5.88. The Bertz CT molecular complexity index is 549. The molecule has 0 aliphatic carbocycles. The molecule has 2 aromatic heterocycles. The molecule has 0 fully saturated rings. The van der Waals surface area contributed by atoms with Gasteiger partial charge in [0.15, 0.2) is 11.5 Å². The van der Waals surface area contributed by atoms with E-state index in [1.807, 2.05) is 13.8 Å². The fourth-order valence-electron chi connectivity index (χ4n) is 1.55. The molecule has 18 heavy (non-hydrogen) atoms. The van der Waals surface area contributed by atoms with E-state index in [0.29, 0.717) is 17.0 Å². The molecule has 1 amide bonds. The van der Waals surface area contributed by atoms with Crippen molar-refractivity contribution in [3.63, 3.8) is 0 Å². The van der Waals surface area contributed by atoms with Gasteiger partial charge in [0, 0.05) is 6.04 Å². The Balaban J connectivity index is 2.13. The Hall–Kier alpha value is -2.18. The third kappa shape index (κ3) is 2.55. The molecule has 0 aromatic carbocycles. The zero-order valence-electron chi connectivity index (χ0n) is 10.6. The van der Waals surface area contributed by atoms with E-state index < -0.39 is 0 Å². The third-order valence-electron chi connectivity index (χ3n) is 2.40. The molecule has 7 nitrogen and oxygen atoms in total. The molecule has 2 aromatic rings. The summed E-state index contributed by atoms with van der Waals surface area (Å²) in [4.78, 5) is 26.9. The summed E-state index contributed by atoms with van der Waals surface area (Å²) in [6, 6.07) is -0.270. The number of aromatic nitrogens is 4. The van der Waals surface area contributed by atoms with Crippen LogP contribution in [-0.4, -0.2) is 37.9 Å². The maximum Gasteiger partial charge on any atom is 0.242 e. The number of carbonyl (C=O) groups excluding carboxylic acids is 1. The van der Waals surface area contributed by atoms with Crippen LogP contribution in [-0.2, 0) is 4.79 Å². The maximum atomic E-state index is 11.8. The number of imidazole rings is 1. The fraction of sp³-hybridized carbons (Fsp3) is 0.455. The quantitative estimate of drug-likeness (QED) is 0.739. The smallest absolute Gasteiger partial charge is 0.242 e. The lowest BCUT2D eigenvalue weighted by Crippen LogP contribution is -2.41. The lowest BCUT2D eigenvalue weighted by molar-refractivity contribution is -0.122. The van der Waals surface area contributed by atoms with Crippen LogP contribution in [0, 0.1) is 0 Å². The monoisotopic (exact) mass is 248 g/mol. The van der Waals surface area contributed by atoms with Gasteiger partial charge >= 0.3 is 0 Å². The van der Waals surface area contributed by atoms with Crippen LogP contribution in [0.3, 0.4) is 0 Å². The van der Waals surface area contributed by atoms with Crippen LogP contribution in [0.5, 0.6) is 0 Å². The Morgan fingerprint density at radius 1 is 1.28 bits per heavy atom. The van der Waals surface area contributed by atoms with Gasteiger partial charge in [0.2, 0.25) is 5.91 Å². The first-order valence-corrected chi connectivity index (χ1v) is 5.79. The summed E-state index contributed by atoms with van der Waals surface area (Å²) in [6.07, 6.45) is 2.96. The molecule has 2 rings (SSSR count). The lowest BCUT2D eigenvalue weighted by Gasteiger charge is -2.16. The molecule has 7 heteroatoms. The van der Waals surface area contributed by atoms with Crippen molar-refractivity contribution in [3.8, 4) is 0 Å². The highest BCUT2D eigenvalue weighted by atomic mass is 16.2. The minimum absolute atomic E-state index is 0.0729. The third-order valence-corrected chi connectivity index (χ3v) is 2.40. The molecule has 0 saturated carbocycles. The summed E-state index contributed by atoms with van der Waals surface area (Å²) in [5.74, 6) is 0.500. The average Bonchev–Trinajstić information content (AvgIpc) is 2.77. The van der Waals surface area contributed by atoms with Gasteiger partial charge in [0.25, 0.3) is 0 Å². The highest BCUT2D eigenvalue weighted by Crippen LogP contribution is 2.15. The van der Waals surface area contributed by atoms with Gasteiger partial charge in [0.1, 0.15) is 17.9 Å². The summed E-state index contributed by atoms with van der Waals surface area (Å²) < 4.78 is 0. The van der Waals surface area contributed by atoms with Gasteiger partial charge in [-0.2, -0.15) is 0 Å². The van der Waals surface area contributed by atoms with E-state index in [0.717, 1.165) is 0 Å². The zero-order valence-corrected chi connectivity index (χ0v) is 10.6. The minimum Gasteiger partial charge on any atom is -0.357 e. The highest BCUT2D eigenvalue weighted by molar-refractivity contribution is 5.88. The molecule has 2 heterocycles. The van der Waals surface area contributed by atoms with Crippen molar-refractivity contribution in [1.29, 1.82) is 0 Å². The van der Waals surface area contributed by atoms with Crippen LogP contribution >= 0.6 is 0 Å². The number of fused-ring (bicyclic) bond motifs is 1. The largest absolute Gasteiger partial charge is 0.357 e. The fourth-order valence-corrected chi connectivity index (χ4v) is 1.55. The molecule has 96 valence electrons. The van der Waals surface area contributed by atoms with Crippen molar-refractivity contribution in [2.75, 3.05) is 5.32 Å². The number of hydrogen-bond donors (Lipinski definition) is 3. The summed E-state index contributed by atoms with van der Waals surface area (Å²) in [6.45, 7) is 5.62. The molecule has 0 aliphatic heterocycles. The van der Waals surface area contributed by atoms with Gasteiger partial charge in [-0.05, 0) is 20.8 Å². The Kier molecular flexibility index (Phi) is 3.40. The first-order valence-electron chi connectivity index (χ1n) is 5.79. The van der Waals surface area contributed by atoms with Crippen molar-refractivity contribution in [1.82, 2.24) is 25.3 Å². The molecular weight excluding hydrogens is 232 g/mol. The molecule has 0 saturated heterocycles. The van der Waals surface area contributed by atoms with Crippen molar-refractivity contribution in [2.45, 2.75) is 32.9 Å². The number of nitrogens with one attached hydrogen (secondary N) is 3. The topological polar surface area (TPSA) is 95.6 Å². The first kappa shape index (κ1) is 12.3. The maximum absolute atomic E-state index is 11.8. The molecule has 0 radical (unpaired) electrons. The van der Waals surface area contributed by atoms with E-state index in [1.165, 1.54) is 6.33 Å². The second kappa shape index (κ2) is 4.99. The number of aromatic amines is 1. The van der Waals surface area contributed by atoms with E-state index >= 15 is 0 Å². The summed E-state index contributed by atoms with van der Waals surface area (Å²) in [5.41, 5.74) is 1.27. The Morgan fingerprint density at radius 2 is 2.06 bits per heavy atom. The number of carbonyl (C=O) groups is 1. The number of rotatable bonds is 4. The van der Waals surface area contributed by atoms with E-state index in [1.54, 1.807) is 13.3 Å². The van der Waals surface area contributed by atoms with E-state index in [9.17, 15) is 4.79 Å². The molecule has 0 spiro atoms. The second-order valence-electron chi connectivity index (χ2n) is 4.35. The summed E-state index contributed by atoms with van der Waals surface area (Å²) >= 11 is 0. The summed E-state index contributed by atoms with van der Waals surface area (Å²) in [7, 11) is 0. The van der Waals surface area contributed by atoms with Crippen molar-refractivity contribution >= 4 is 22.9 Å². The lowest BCUT2D eigenvalue weighted by atomic mass is 10.2. The van der Waals surface area contributed by atoms with Gasteiger partial charge in [-0.25, -0.2) is 15.0 Å². The molecule has 3 N–H and O–H groups in total. The number of anilines is 1. The van der Waals surface area contributed by atoms with Crippen molar-refractivity contribution < 1.29 is 4.79 Å². The number of hydrogen-bond acceptors (Lipinski definition) is 5. The van der Waals surface area contributed by atoms with Crippen LogP contribution < -0.4 is 10.6 Å². The van der Waals surface area contributed by atoms with Crippen LogP contribution in [0.4, 0.5) is 5.82 Å². The van der Waals surface area contributed by atoms with E-state index in [4.69, 9.17) is 0 Å². The minimum atomic E-state index is -0.381. The van der Waals surface area contributed by atoms with Crippen molar-refractivity contribution in [2.24, 2.45) is 0 Å². The van der Waals surface area contributed by atoms with Crippen LogP contribution in [0.1, 0.15) is 20.8 Å². The van der Waals surface area contributed by atoms with Gasteiger partial charge in [-0.1, -0.05) is 0 Å². The molecule has 1 atom stereocenters. The predicted octanol–water partition coefficient (Wildman–Crippen LogP) is 0.678.